The zero-order valence-electron chi connectivity index (χ0n) is 11.7. The van der Waals surface area contributed by atoms with E-state index in [2.05, 4.69) is 6.92 Å². The monoisotopic (exact) mass is 268 g/mol. The summed E-state index contributed by atoms with van der Waals surface area (Å²) >= 11 is 0. The van der Waals surface area contributed by atoms with Crippen LogP contribution in [0.2, 0.25) is 0 Å². The van der Waals surface area contributed by atoms with Crippen molar-refractivity contribution < 1.29 is 14.7 Å². The number of nitrogens with zero attached hydrogens (tertiary/aromatic N) is 2. The van der Waals surface area contributed by atoms with E-state index in [-0.39, 0.29) is 6.03 Å². The Morgan fingerprint density at radius 2 is 1.79 bits per heavy atom. The lowest BCUT2D eigenvalue weighted by atomic mass is 9.94. The van der Waals surface area contributed by atoms with Gasteiger partial charge in [-0.25, -0.2) is 9.59 Å². The van der Waals surface area contributed by atoms with Gasteiger partial charge in [-0.15, -0.1) is 0 Å². The molecule has 2 heterocycles. The number of hydrogen-bond acceptors (Lipinski definition) is 2. The summed E-state index contributed by atoms with van der Waals surface area (Å²) in [5, 5.41) is 9.22. The standard InChI is InChI=1S/C14H24N2O3/c1-2-11-6-9-15(10-7-11)14(19)16-8-4-3-5-12(16)13(17)18/h11-12H,2-10H2,1H3,(H,17,18). The Morgan fingerprint density at radius 1 is 1.11 bits per heavy atom. The van der Waals surface area contributed by atoms with Crippen LogP contribution in [0.1, 0.15) is 45.4 Å². The first-order valence-electron chi connectivity index (χ1n) is 7.41. The van der Waals surface area contributed by atoms with Crippen LogP contribution in [0.3, 0.4) is 0 Å². The first-order chi connectivity index (χ1) is 9.13. The summed E-state index contributed by atoms with van der Waals surface area (Å²) < 4.78 is 0. The maximum absolute atomic E-state index is 12.5. The second kappa shape index (κ2) is 6.26. The zero-order chi connectivity index (χ0) is 13.8. The maximum atomic E-state index is 12.5. The van der Waals surface area contributed by atoms with E-state index in [4.69, 9.17) is 0 Å². The van der Waals surface area contributed by atoms with Gasteiger partial charge in [0.25, 0.3) is 0 Å². The molecule has 0 aromatic rings. The lowest BCUT2D eigenvalue weighted by molar-refractivity contribution is -0.143. The van der Waals surface area contributed by atoms with E-state index in [1.54, 1.807) is 4.90 Å². The number of piperidine rings is 2. The molecule has 5 heteroatoms. The number of hydrogen-bond donors (Lipinski definition) is 1. The average molecular weight is 268 g/mol. The van der Waals surface area contributed by atoms with Crippen LogP contribution >= 0.6 is 0 Å². The van der Waals surface area contributed by atoms with E-state index in [1.807, 2.05) is 4.90 Å². The first kappa shape index (κ1) is 14.2. The molecule has 0 aliphatic carbocycles. The van der Waals surface area contributed by atoms with Crippen molar-refractivity contribution in [2.45, 2.75) is 51.5 Å². The number of carboxylic acid groups (broad SMARTS) is 1. The molecule has 108 valence electrons. The number of carbonyl (C=O) groups is 2. The van der Waals surface area contributed by atoms with Crippen LogP contribution in [0.15, 0.2) is 0 Å². The second-order valence-electron chi connectivity index (χ2n) is 5.66. The lowest BCUT2D eigenvalue weighted by Crippen LogP contribution is -2.54. The van der Waals surface area contributed by atoms with Gasteiger partial charge < -0.3 is 14.9 Å². The fourth-order valence-corrected chi connectivity index (χ4v) is 3.13. The summed E-state index contributed by atoms with van der Waals surface area (Å²) in [4.78, 5) is 27.1. The van der Waals surface area contributed by atoms with E-state index in [0.29, 0.717) is 13.0 Å². The molecule has 2 amide bonds. The minimum absolute atomic E-state index is 0.0679. The molecule has 2 aliphatic rings. The third-order valence-electron chi connectivity index (χ3n) is 4.50. The SMILES string of the molecule is CCC1CCN(C(=O)N2CCCCC2C(=O)O)CC1. The van der Waals surface area contributed by atoms with Crippen LogP contribution in [0.25, 0.3) is 0 Å². The van der Waals surface area contributed by atoms with Gasteiger partial charge in [-0.3, -0.25) is 0 Å². The summed E-state index contributed by atoms with van der Waals surface area (Å²) in [6.45, 7) is 4.33. The van der Waals surface area contributed by atoms with Crippen molar-refractivity contribution in [2.75, 3.05) is 19.6 Å². The zero-order valence-corrected chi connectivity index (χ0v) is 11.7. The molecule has 1 unspecified atom stereocenters. The maximum Gasteiger partial charge on any atom is 0.326 e. The molecule has 2 saturated heterocycles. The van der Waals surface area contributed by atoms with Gasteiger partial charge in [0.2, 0.25) is 0 Å². The summed E-state index contributed by atoms with van der Waals surface area (Å²) in [7, 11) is 0. The van der Waals surface area contributed by atoms with Crippen molar-refractivity contribution in [1.82, 2.24) is 9.80 Å². The van der Waals surface area contributed by atoms with Gasteiger partial charge in [-0.2, -0.15) is 0 Å². The predicted molar refractivity (Wildman–Crippen MR) is 72.0 cm³/mol. The minimum atomic E-state index is -0.864. The fraction of sp³-hybridized carbons (Fsp3) is 0.857. The third kappa shape index (κ3) is 3.19. The van der Waals surface area contributed by atoms with Crippen LogP contribution in [0, 0.1) is 5.92 Å². The molecule has 19 heavy (non-hydrogen) atoms. The van der Waals surface area contributed by atoms with E-state index in [0.717, 1.165) is 44.7 Å². The molecule has 2 rings (SSSR count). The summed E-state index contributed by atoms with van der Waals surface area (Å²) in [5.74, 6) is -0.142. The third-order valence-corrected chi connectivity index (χ3v) is 4.50. The van der Waals surface area contributed by atoms with Crippen molar-refractivity contribution in [1.29, 1.82) is 0 Å². The van der Waals surface area contributed by atoms with Crippen LogP contribution in [0.5, 0.6) is 0 Å². The molecule has 1 atom stereocenters. The van der Waals surface area contributed by atoms with Crippen molar-refractivity contribution in [2.24, 2.45) is 5.92 Å². The Balaban J connectivity index is 1.96. The quantitative estimate of drug-likeness (QED) is 0.835. The molecular formula is C14H24N2O3. The molecule has 2 fully saturated rings. The molecule has 0 bridgehead atoms. The van der Waals surface area contributed by atoms with Gasteiger partial charge in [0.05, 0.1) is 0 Å². The molecule has 0 saturated carbocycles. The molecular weight excluding hydrogens is 244 g/mol. The number of rotatable bonds is 2. The Kier molecular flexibility index (Phi) is 4.66. The number of urea groups is 1. The number of amides is 2. The highest BCUT2D eigenvalue weighted by Crippen LogP contribution is 2.24. The van der Waals surface area contributed by atoms with Crippen molar-refractivity contribution in [3.05, 3.63) is 0 Å². The van der Waals surface area contributed by atoms with Crippen LogP contribution in [-0.2, 0) is 4.79 Å². The van der Waals surface area contributed by atoms with E-state index in [9.17, 15) is 14.7 Å². The molecule has 2 aliphatic heterocycles. The van der Waals surface area contributed by atoms with Crippen LogP contribution in [-0.4, -0.2) is 52.6 Å². The Labute approximate surface area is 114 Å². The highest BCUT2D eigenvalue weighted by molar-refractivity contribution is 5.83. The smallest absolute Gasteiger partial charge is 0.326 e. The van der Waals surface area contributed by atoms with Gasteiger partial charge in [0, 0.05) is 19.6 Å². The molecule has 5 nitrogen and oxygen atoms in total. The molecule has 1 N–H and O–H groups in total. The van der Waals surface area contributed by atoms with Gasteiger partial charge in [0.15, 0.2) is 0 Å². The predicted octanol–water partition coefficient (Wildman–Crippen LogP) is 2.17. The molecule has 0 radical (unpaired) electrons. The van der Waals surface area contributed by atoms with Gasteiger partial charge >= 0.3 is 12.0 Å². The topological polar surface area (TPSA) is 60.9 Å². The van der Waals surface area contributed by atoms with Crippen molar-refractivity contribution >= 4 is 12.0 Å². The number of carbonyl (C=O) groups excluding carboxylic acids is 1. The second-order valence-corrected chi connectivity index (χ2v) is 5.66. The molecule has 0 spiro atoms. The van der Waals surface area contributed by atoms with E-state index in [1.165, 1.54) is 6.42 Å². The normalized spacial score (nSPS) is 25.4. The van der Waals surface area contributed by atoms with Gasteiger partial charge in [-0.1, -0.05) is 13.3 Å². The molecule has 0 aromatic carbocycles. The summed E-state index contributed by atoms with van der Waals surface area (Å²) in [5.41, 5.74) is 0. The van der Waals surface area contributed by atoms with E-state index >= 15 is 0 Å². The first-order valence-corrected chi connectivity index (χ1v) is 7.41. The molecule has 0 aromatic heterocycles. The summed E-state index contributed by atoms with van der Waals surface area (Å²) in [6, 6.07) is -0.688. The highest BCUT2D eigenvalue weighted by Gasteiger charge is 2.35. The number of likely N-dealkylation sites (tertiary alicyclic amines) is 2. The fourth-order valence-electron chi connectivity index (χ4n) is 3.13. The van der Waals surface area contributed by atoms with E-state index < -0.39 is 12.0 Å². The largest absolute Gasteiger partial charge is 0.480 e. The van der Waals surface area contributed by atoms with Crippen molar-refractivity contribution in [3.8, 4) is 0 Å². The van der Waals surface area contributed by atoms with Crippen LogP contribution in [0.4, 0.5) is 4.79 Å². The lowest BCUT2D eigenvalue weighted by Gasteiger charge is -2.39. The Morgan fingerprint density at radius 3 is 2.37 bits per heavy atom. The van der Waals surface area contributed by atoms with Gasteiger partial charge in [-0.05, 0) is 38.0 Å². The minimum Gasteiger partial charge on any atom is -0.480 e. The highest BCUT2D eigenvalue weighted by atomic mass is 16.4. The van der Waals surface area contributed by atoms with Crippen molar-refractivity contribution in [3.63, 3.8) is 0 Å². The Hall–Kier alpha value is -1.26. The average Bonchev–Trinajstić information content (AvgIpc) is 2.46. The van der Waals surface area contributed by atoms with Gasteiger partial charge in [0.1, 0.15) is 6.04 Å². The summed E-state index contributed by atoms with van der Waals surface area (Å²) in [6.07, 6.45) is 5.68. The Bertz CT molecular complexity index is 338. The number of carboxylic acids is 1. The number of aliphatic carboxylic acids is 1. The van der Waals surface area contributed by atoms with Crippen LogP contribution < -0.4 is 0 Å².